The van der Waals surface area contributed by atoms with Crippen LogP contribution < -0.4 is 5.32 Å². The van der Waals surface area contributed by atoms with Crippen molar-refractivity contribution in [3.63, 3.8) is 0 Å². The lowest BCUT2D eigenvalue weighted by Crippen LogP contribution is -2.43. The van der Waals surface area contributed by atoms with Gasteiger partial charge in [0.2, 0.25) is 0 Å². The minimum atomic E-state index is -0.136. The van der Waals surface area contributed by atoms with Gasteiger partial charge in [-0.15, -0.1) is 0 Å². The lowest BCUT2D eigenvalue weighted by Gasteiger charge is -2.37. The van der Waals surface area contributed by atoms with E-state index in [0.717, 1.165) is 12.5 Å². The summed E-state index contributed by atoms with van der Waals surface area (Å²) in [7, 11) is 0. The van der Waals surface area contributed by atoms with Gasteiger partial charge in [0.25, 0.3) is 0 Å². The number of benzene rings is 1. The van der Waals surface area contributed by atoms with Crippen molar-refractivity contribution >= 4 is 0 Å². The van der Waals surface area contributed by atoms with Gasteiger partial charge < -0.3 is 10.2 Å². The molecular weight excluding hydrogens is 263 g/mol. The van der Waals surface area contributed by atoms with Gasteiger partial charge in [-0.05, 0) is 74.8 Å². The van der Waals surface area contributed by atoms with Gasteiger partial charge in [0.05, 0.1) is 0 Å². The Balaban J connectivity index is 1.34. The van der Waals surface area contributed by atoms with Crippen molar-refractivity contribution in [2.24, 2.45) is 5.92 Å². The maximum Gasteiger partial charge on any atom is 0.123 e. The number of hydrogen-bond donors (Lipinski definition) is 1. The molecule has 0 spiro atoms. The summed E-state index contributed by atoms with van der Waals surface area (Å²) in [6.45, 7) is 7.29. The van der Waals surface area contributed by atoms with E-state index in [4.69, 9.17) is 0 Å². The van der Waals surface area contributed by atoms with E-state index in [9.17, 15) is 4.39 Å². The molecule has 0 radical (unpaired) electrons. The first-order valence-corrected chi connectivity index (χ1v) is 8.42. The van der Waals surface area contributed by atoms with Gasteiger partial charge >= 0.3 is 0 Å². The molecule has 1 aromatic carbocycles. The molecule has 1 unspecified atom stereocenters. The van der Waals surface area contributed by atoms with Crippen LogP contribution in [0, 0.1) is 11.7 Å². The first-order chi connectivity index (χ1) is 10.2. The first kappa shape index (κ1) is 15.0. The van der Waals surface area contributed by atoms with Gasteiger partial charge in [-0.2, -0.15) is 0 Å². The van der Waals surface area contributed by atoms with Gasteiger partial charge in [0.15, 0.2) is 0 Å². The molecule has 2 nitrogen and oxygen atoms in total. The van der Waals surface area contributed by atoms with Crippen LogP contribution in [-0.2, 0) is 0 Å². The molecular formula is C18H27FN2. The summed E-state index contributed by atoms with van der Waals surface area (Å²) in [5.41, 5.74) is 1.29. The van der Waals surface area contributed by atoms with E-state index in [2.05, 4.69) is 17.1 Å². The van der Waals surface area contributed by atoms with Gasteiger partial charge in [0, 0.05) is 12.6 Å². The Morgan fingerprint density at radius 3 is 2.52 bits per heavy atom. The standard InChI is InChI=1S/C18H27FN2/c1-14(13-21-8-2-3-9-21)12-20-18-10-16(11-18)15-4-6-17(19)7-5-15/h4-7,14,16,18,20H,2-3,8-13H2,1H3. The maximum absolute atomic E-state index is 12.9. The van der Waals surface area contributed by atoms with Crippen LogP contribution in [0.4, 0.5) is 4.39 Å². The molecule has 1 aliphatic carbocycles. The van der Waals surface area contributed by atoms with Crippen molar-refractivity contribution in [1.29, 1.82) is 0 Å². The van der Waals surface area contributed by atoms with Crippen LogP contribution in [0.1, 0.15) is 44.1 Å². The maximum atomic E-state index is 12.9. The molecule has 1 heterocycles. The van der Waals surface area contributed by atoms with Crippen molar-refractivity contribution in [2.75, 3.05) is 26.2 Å². The third-order valence-corrected chi connectivity index (χ3v) is 5.00. The molecule has 1 aliphatic heterocycles. The van der Waals surface area contributed by atoms with E-state index in [1.807, 2.05) is 12.1 Å². The fourth-order valence-electron chi connectivity index (χ4n) is 3.63. The van der Waals surface area contributed by atoms with Crippen molar-refractivity contribution in [3.05, 3.63) is 35.6 Å². The summed E-state index contributed by atoms with van der Waals surface area (Å²) in [5.74, 6) is 1.22. The Hall–Kier alpha value is -0.930. The van der Waals surface area contributed by atoms with Crippen LogP contribution in [0.2, 0.25) is 0 Å². The van der Waals surface area contributed by atoms with E-state index >= 15 is 0 Å². The van der Waals surface area contributed by atoms with Gasteiger partial charge in [-0.3, -0.25) is 0 Å². The number of rotatable bonds is 6. The Morgan fingerprint density at radius 2 is 1.86 bits per heavy atom. The molecule has 0 bridgehead atoms. The van der Waals surface area contributed by atoms with E-state index in [1.165, 1.54) is 50.9 Å². The van der Waals surface area contributed by atoms with Crippen LogP contribution in [-0.4, -0.2) is 37.1 Å². The lowest BCUT2D eigenvalue weighted by molar-refractivity contribution is 0.245. The highest BCUT2D eigenvalue weighted by atomic mass is 19.1. The van der Waals surface area contributed by atoms with E-state index in [-0.39, 0.29) is 5.82 Å². The van der Waals surface area contributed by atoms with Crippen molar-refractivity contribution in [3.8, 4) is 0 Å². The van der Waals surface area contributed by atoms with E-state index in [0.29, 0.717) is 12.0 Å². The Kier molecular flexibility index (Phi) is 4.91. The fraction of sp³-hybridized carbons (Fsp3) is 0.667. The minimum absolute atomic E-state index is 0.136. The third kappa shape index (κ3) is 4.04. The zero-order valence-corrected chi connectivity index (χ0v) is 13.0. The summed E-state index contributed by atoms with van der Waals surface area (Å²) in [6.07, 6.45) is 5.15. The van der Waals surface area contributed by atoms with Crippen molar-refractivity contribution in [2.45, 2.75) is 44.6 Å². The molecule has 1 N–H and O–H groups in total. The van der Waals surface area contributed by atoms with E-state index in [1.54, 1.807) is 12.1 Å². The molecule has 3 heteroatoms. The molecule has 21 heavy (non-hydrogen) atoms. The lowest BCUT2D eigenvalue weighted by atomic mass is 9.76. The average Bonchev–Trinajstić information content (AvgIpc) is 2.91. The molecule has 1 saturated carbocycles. The SMILES string of the molecule is CC(CNC1CC(c2ccc(F)cc2)C1)CN1CCCC1. The Morgan fingerprint density at radius 1 is 1.19 bits per heavy atom. The molecule has 0 amide bonds. The number of halogens is 1. The fourth-order valence-corrected chi connectivity index (χ4v) is 3.63. The summed E-state index contributed by atoms with van der Waals surface area (Å²) in [4.78, 5) is 2.59. The van der Waals surface area contributed by atoms with Crippen LogP contribution in [0.3, 0.4) is 0 Å². The van der Waals surface area contributed by atoms with Crippen molar-refractivity contribution < 1.29 is 4.39 Å². The number of nitrogens with zero attached hydrogens (tertiary/aromatic N) is 1. The van der Waals surface area contributed by atoms with Crippen LogP contribution in [0.15, 0.2) is 24.3 Å². The molecule has 1 atom stereocenters. The smallest absolute Gasteiger partial charge is 0.123 e. The second kappa shape index (κ2) is 6.89. The van der Waals surface area contributed by atoms with Gasteiger partial charge in [0.1, 0.15) is 5.82 Å². The summed E-state index contributed by atoms with van der Waals surface area (Å²) in [6, 6.07) is 7.68. The van der Waals surface area contributed by atoms with Crippen LogP contribution in [0.5, 0.6) is 0 Å². The average molecular weight is 290 g/mol. The highest BCUT2D eigenvalue weighted by molar-refractivity contribution is 5.23. The number of nitrogens with one attached hydrogen (secondary N) is 1. The van der Waals surface area contributed by atoms with Crippen molar-refractivity contribution in [1.82, 2.24) is 10.2 Å². The second-order valence-electron chi connectivity index (χ2n) is 6.94. The molecule has 0 aromatic heterocycles. The molecule has 2 aliphatic rings. The summed E-state index contributed by atoms with van der Waals surface area (Å²) in [5, 5.41) is 3.70. The zero-order valence-electron chi connectivity index (χ0n) is 13.0. The largest absolute Gasteiger partial charge is 0.314 e. The number of hydrogen-bond acceptors (Lipinski definition) is 2. The second-order valence-corrected chi connectivity index (χ2v) is 6.94. The molecule has 3 rings (SSSR count). The Bertz CT molecular complexity index is 433. The molecule has 2 fully saturated rings. The monoisotopic (exact) mass is 290 g/mol. The Labute approximate surface area is 127 Å². The van der Waals surface area contributed by atoms with Crippen LogP contribution in [0.25, 0.3) is 0 Å². The normalized spacial score (nSPS) is 27.5. The zero-order chi connectivity index (χ0) is 14.7. The predicted octanol–water partition coefficient (Wildman–Crippen LogP) is 3.39. The highest BCUT2D eigenvalue weighted by Crippen LogP contribution is 2.36. The topological polar surface area (TPSA) is 15.3 Å². The third-order valence-electron chi connectivity index (χ3n) is 5.00. The quantitative estimate of drug-likeness (QED) is 0.864. The first-order valence-electron chi connectivity index (χ1n) is 8.42. The highest BCUT2D eigenvalue weighted by Gasteiger charge is 2.30. The molecule has 1 aromatic rings. The van der Waals surface area contributed by atoms with Gasteiger partial charge in [-0.25, -0.2) is 4.39 Å². The molecule has 1 saturated heterocycles. The summed E-state index contributed by atoms with van der Waals surface area (Å²) >= 11 is 0. The van der Waals surface area contributed by atoms with E-state index < -0.39 is 0 Å². The van der Waals surface area contributed by atoms with Crippen LogP contribution >= 0.6 is 0 Å². The van der Waals surface area contributed by atoms with Gasteiger partial charge in [-0.1, -0.05) is 19.1 Å². The summed E-state index contributed by atoms with van der Waals surface area (Å²) < 4.78 is 12.9. The minimum Gasteiger partial charge on any atom is -0.314 e. The number of likely N-dealkylation sites (tertiary alicyclic amines) is 1. The molecule has 116 valence electrons. The predicted molar refractivity (Wildman–Crippen MR) is 85.0 cm³/mol.